The number of pyridine rings is 1. The summed E-state index contributed by atoms with van der Waals surface area (Å²) in [5, 5.41) is 8.81. The van der Waals surface area contributed by atoms with Crippen molar-refractivity contribution in [3.8, 4) is 5.75 Å². The standard InChI is InChI=1S/C15H18N4O4/c1-11-8-12(4-5-16-11)23-10-17-13-9-14(21)19(6-3-7-20)15(22)18(13)2/h4-5,8-10,20H,3,6-7H2,1-2H3/b17-10+. The molecule has 0 bridgehead atoms. The Morgan fingerprint density at radius 1 is 1.39 bits per heavy atom. The summed E-state index contributed by atoms with van der Waals surface area (Å²) in [4.78, 5) is 32.1. The molecule has 0 unspecified atom stereocenters. The van der Waals surface area contributed by atoms with E-state index in [4.69, 9.17) is 9.84 Å². The number of aliphatic hydroxyl groups excluding tert-OH is 1. The first-order chi connectivity index (χ1) is 11.0. The minimum Gasteiger partial charge on any atom is -0.446 e. The average molecular weight is 318 g/mol. The Bertz CT molecular complexity index is 823. The van der Waals surface area contributed by atoms with Crippen molar-refractivity contribution in [2.45, 2.75) is 19.9 Å². The second-order valence-electron chi connectivity index (χ2n) is 4.90. The number of ether oxygens (including phenoxy) is 1. The van der Waals surface area contributed by atoms with Gasteiger partial charge in [-0.25, -0.2) is 9.79 Å². The predicted molar refractivity (Wildman–Crippen MR) is 85.4 cm³/mol. The van der Waals surface area contributed by atoms with Crippen LogP contribution < -0.4 is 16.0 Å². The predicted octanol–water partition coefficient (Wildman–Crippen LogP) is 0.372. The Kier molecular flexibility index (Phi) is 5.42. The summed E-state index contributed by atoms with van der Waals surface area (Å²) in [6.45, 7) is 1.91. The number of rotatable bonds is 6. The van der Waals surface area contributed by atoms with Gasteiger partial charge in [0.25, 0.3) is 5.56 Å². The zero-order chi connectivity index (χ0) is 16.8. The Morgan fingerprint density at radius 3 is 2.87 bits per heavy atom. The summed E-state index contributed by atoms with van der Waals surface area (Å²) in [5.41, 5.74) is -0.152. The third kappa shape index (κ3) is 4.13. The molecule has 23 heavy (non-hydrogen) atoms. The molecule has 0 fully saturated rings. The SMILES string of the molecule is Cc1cc(O/C=N/c2cc(=O)n(CCCO)c(=O)n2C)ccn1. The third-order valence-electron chi connectivity index (χ3n) is 3.16. The lowest BCUT2D eigenvalue weighted by Gasteiger charge is -2.08. The monoisotopic (exact) mass is 318 g/mol. The van der Waals surface area contributed by atoms with Crippen LogP contribution in [0.3, 0.4) is 0 Å². The van der Waals surface area contributed by atoms with Crippen LogP contribution in [0.15, 0.2) is 39.0 Å². The second-order valence-corrected chi connectivity index (χ2v) is 4.90. The maximum atomic E-state index is 12.1. The van der Waals surface area contributed by atoms with Gasteiger partial charge in [0.1, 0.15) is 11.6 Å². The van der Waals surface area contributed by atoms with Crippen molar-refractivity contribution in [1.82, 2.24) is 14.1 Å². The van der Waals surface area contributed by atoms with Crippen molar-refractivity contribution in [1.29, 1.82) is 0 Å². The van der Waals surface area contributed by atoms with Gasteiger partial charge in [-0.15, -0.1) is 0 Å². The quantitative estimate of drug-likeness (QED) is 0.613. The molecule has 8 nitrogen and oxygen atoms in total. The van der Waals surface area contributed by atoms with Crippen LogP contribution >= 0.6 is 0 Å². The molecule has 8 heteroatoms. The van der Waals surface area contributed by atoms with Crippen molar-refractivity contribution >= 4 is 12.2 Å². The van der Waals surface area contributed by atoms with Crippen LogP contribution in [0.2, 0.25) is 0 Å². The van der Waals surface area contributed by atoms with Crippen LogP contribution in [0.4, 0.5) is 5.82 Å². The van der Waals surface area contributed by atoms with E-state index >= 15 is 0 Å². The van der Waals surface area contributed by atoms with Crippen molar-refractivity contribution in [2.24, 2.45) is 12.0 Å². The maximum absolute atomic E-state index is 12.1. The number of hydrogen-bond acceptors (Lipinski definition) is 6. The molecule has 0 amide bonds. The zero-order valence-corrected chi connectivity index (χ0v) is 13.0. The minimum atomic E-state index is -0.488. The molecule has 0 saturated carbocycles. The van der Waals surface area contributed by atoms with E-state index in [2.05, 4.69) is 9.98 Å². The van der Waals surface area contributed by atoms with Gasteiger partial charge in [0.2, 0.25) is 0 Å². The van der Waals surface area contributed by atoms with Gasteiger partial charge < -0.3 is 9.84 Å². The van der Waals surface area contributed by atoms with Gasteiger partial charge in [-0.3, -0.25) is 18.9 Å². The minimum absolute atomic E-state index is 0.0886. The van der Waals surface area contributed by atoms with E-state index in [1.807, 2.05) is 6.92 Å². The van der Waals surface area contributed by atoms with Gasteiger partial charge in [0.15, 0.2) is 6.40 Å². The van der Waals surface area contributed by atoms with E-state index < -0.39 is 11.2 Å². The van der Waals surface area contributed by atoms with Gasteiger partial charge in [-0.1, -0.05) is 0 Å². The lowest BCUT2D eigenvalue weighted by Crippen LogP contribution is -2.38. The molecule has 0 saturated heterocycles. The number of aryl methyl sites for hydroxylation is 1. The number of aromatic nitrogens is 3. The van der Waals surface area contributed by atoms with Crippen molar-refractivity contribution in [3.63, 3.8) is 0 Å². The molecule has 0 radical (unpaired) electrons. The molecule has 122 valence electrons. The summed E-state index contributed by atoms with van der Waals surface area (Å²) in [5.74, 6) is 0.744. The van der Waals surface area contributed by atoms with Gasteiger partial charge in [0, 0.05) is 44.2 Å². The highest BCUT2D eigenvalue weighted by molar-refractivity contribution is 5.56. The molecule has 2 rings (SSSR count). The summed E-state index contributed by atoms with van der Waals surface area (Å²) in [6.07, 6.45) is 3.11. The third-order valence-corrected chi connectivity index (χ3v) is 3.16. The smallest absolute Gasteiger partial charge is 0.332 e. The largest absolute Gasteiger partial charge is 0.446 e. The normalized spacial score (nSPS) is 11.1. The molecule has 0 atom stereocenters. The fourth-order valence-corrected chi connectivity index (χ4v) is 1.95. The number of hydrogen-bond donors (Lipinski definition) is 1. The maximum Gasteiger partial charge on any atom is 0.332 e. The number of aliphatic imine (C=N–C) groups is 1. The molecule has 2 aromatic heterocycles. The first-order valence-corrected chi connectivity index (χ1v) is 7.06. The Balaban J connectivity index is 2.22. The topological polar surface area (TPSA) is 98.7 Å². The molecule has 0 aliphatic carbocycles. The van der Waals surface area contributed by atoms with E-state index in [0.717, 1.165) is 10.3 Å². The molecule has 0 aromatic carbocycles. The molecular formula is C15H18N4O4. The van der Waals surface area contributed by atoms with Crippen LogP contribution in [0.1, 0.15) is 12.1 Å². The highest BCUT2D eigenvalue weighted by Gasteiger charge is 2.07. The molecule has 2 aromatic rings. The molecule has 0 spiro atoms. The molecular weight excluding hydrogens is 300 g/mol. The zero-order valence-electron chi connectivity index (χ0n) is 13.0. The Morgan fingerprint density at radius 2 is 2.17 bits per heavy atom. The van der Waals surface area contributed by atoms with Crippen LogP contribution in [-0.2, 0) is 13.6 Å². The lowest BCUT2D eigenvalue weighted by molar-refractivity contribution is 0.277. The molecule has 1 N–H and O–H groups in total. The van der Waals surface area contributed by atoms with Gasteiger partial charge in [-0.05, 0) is 19.4 Å². The second kappa shape index (κ2) is 7.50. The summed E-state index contributed by atoms with van der Waals surface area (Å²) >= 11 is 0. The van der Waals surface area contributed by atoms with Gasteiger partial charge in [-0.2, -0.15) is 0 Å². The fraction of sp³-hybridized carbons (Fsp3) is 0.333. The van der Waals surface area contributed by atoms with Gasteiger partial charge in [0.05, 0.1) is 0 Å². The molecule has 0 aliphatic heterocycles. The highest BCUT2D eigenvalue weighted by Crippen LogP contribution is 2.10. The van der Waals surface area contributed by atoms with Crippen LogP contribution in [0.5, 0.6) is 5.75 Å². The summed E-state index contributed by atoms with van der Waals surface area (Å²) < 4.78 is 7.64. The average Bonchev–Trinajstić information content (AvgIpc) is 2.52. The molecule has 0 aliphatic rings. The first kappa shape index (κ1) is 16.6. The van der Waals surface area contributed by atoms with E-state index in [9.17, 15) is 9.59 Å². The van der Waals surface area contributed by atoms with Crippen LogP contribution in [0, 0.1) is 6.92 Å². The van der Waals surface area contributed by atoms with E-state index in [1.54, 1.807) is 18.3 Å². The Labute approximate surface area is 132 Å². The van der Waals surface area contributed by atoms with Gasteiger partial charge >= 0.3 is 5.69 Å². The number of aliphatic hydroxyl groups is 1. The Hall–Kier alpha value is -2.74. The van der Waals surface area contributed by atoms with Crippen molar-refractivity contribution in [2.75, 3.05) is 6.61 Å². The van der Waals surface area contributed by atoms with E-state index in [0.29, 0.717) is 12.2 Å². The summed E-state index contributed by atoms with van der Waals surface area (Å²) in [7, 11) is 1.51. The van der Waals surface area contributed by atoms with E-state index in [1.165, 1.54) is 24.1 Å². The fourth-order valence-electron chi connectivity index (χ4n) is 1.95. The summed E-state index contributed by atoms with van der Waals surface area (Å²) in [6, 6.07) is 4.65. The van der Waals surface area contributed by atoms with Crippen molar-refractivity contribution < 1.29 is 9.84 Å². The first-order valence-electron chi connectivity index (χ1n) is 7.06. The van der Waals surface area contributed by atoms with Crippen LogP contribution in [0.25, 0.3) is 0 Å². The number of nitrogens with zero attached hydrogens (tertiary/aromatic N) is 4. The van der Waals surface area contributed by atoms with Crippen LogP contribution in [-0.4, -0.2) is 32.2 Å². The lowest BCUT2D eigenvalue weighted by atomic mass is 10.4. The van der Waals surface area contributed by atoms with Crippen molar-refractivity contribution in [3.05, 3.63) is 50.9 Å². The highest BCUT2D eigenvalue weighted by atomic mass is 16.5. The van der Waals surface area contributed by atoms with E-state index in [-0.39, 0.29) is 19.0 Å². The molecule has 2 heterocycles.